The van der Waals surface area contributed by atoms with Crippen LogP contribution in [0, 0.1) is 0 Å². The fourth-order valence-corrected chi connectivity index (χ4v) is 2.18. The molecular formula is C13H12BrF3N4O. The zero-order valence-electron chi connectivity index (χ0n) is 11.2. The second kappa shape index (κ2) is 6.91. The number of benzene rings is 1. The average molecular weight is 377 g/mol. The summed E-state index contributed by atoms with van der Waals surface area (Å²) in [5.41, 5.74) is 0.207. The van der Waals surface area contributed by atoms with E-state index in [-0.39, 0.29) is 11.3 Å². The Morgan fingerprint density at radius 1 is 1.23 bits per heavy atom. The number of carbonyl (C=O) groups is 1. The monoisotopic (exact) mass is 376 g/mol. The molecule has 2 aromatic rings. The highest BCUT2D eigenvalue weighted by Gasteiger charge is 2.35. The van der Waals surface area contributed by atoms with Gasteiger partial charge >= 0.3 is 6.18 Å². The molecule has 0 aliphatic rings. The third kappa shape index (κ3) is 4.06. The van der Waals surface area contributed by atoms with Crippen LogP contribution in [0.3, 0.4) is 0 Å². The van der Waals surface area contributed by atoms with Gasteiger partial charge in [-0.3, -0.25) is 4.79 Å². The van der Waals surface area contributed by atoms with Gasteiger partial charge in [-0.15, -0.1) is 0 Å². The minimum absolute atomic E-state index is 0.115. The number of amides is 1. The maximum Gasteiger partial charge on any atom is 0.451 e. The summed E-state index contributed by atoms with van der Waals surface area (Å²) in [6.45, 7) is 0.798. The van der Waals surface area contributed by atoms with Crippen molar-refractivity contribution >= 4 is 39.1 Å². The van der Waals surface area contributed by atoms with E-state index in [0.717, 1.165) is 0 Å². The zero-order chi connectivity index (χ0) is 16.2. The van der Waals surface area contributed by atoms with Gasteiger partial charge in [0, 0.05) is 22.9 Å². The Bertz CT molecular complexity index is 678. The number of hydrogen-bond acceptors (Lipinski definition) is 4. The second-order valence-corrected chi connectivity index (χ2v) is 5.32. The number of nitrogens with zero attached hydrogens (tertiary/aromatic N) is 2. The molecular weight excluding hydrogens is 365 g/mol. The molecule has 0 radical (unpaired) electrons. The third-order valence-electron chi connectivity index (χ3n) is 2.78. The number of nitrogens with one attached hydrogen (secondary N) is 2. The van der Waals surface area contributed by atoms with E-state index in [2.05, 4.69) is 36.5 Å². The van der Waals surface area contributed by atoms with Crippen molar-refractivity contribution in [3.05, 3.63) is 28.5 Å². The van der Waals surface area contributed by atoms with Gasteiger partial charge in [-0.2, -0.15) is 13.2 Å². The Morgan fingerprint density at radius 3 is 2.68 bits per heavy atom. The van der Waals surface area contributed by atoms with Gasteiger partial charge < -0.3 is 10.6 Å². The Kier molecular flexibility index (Phi) is 5.17. The molecule has 22 heavy (non-hydrogen) atoms. The lowest BCUT2D eigenvalue weighted by Crippen LogP contribution is -2.17. The first-order valence-corrected chi connectivity index (χ1v) is 7.16. The van der Waals surface area contributed by atoms with E-state index < -0.39 is 12.0 Å². The van der Waals surface area contributed by atoms with Crippen LogP contribution in [0.2, 0.25) is 0 Å². The van der Waals surface area contributed by atoms with Crippen LogP contribution in [0.5, 0.6) is 0 Å². The molecule has 0 aliphatic heterocycles. The van der Waals surface area contributed by atoms with Crippen molar-refractivity contribution in [1.29, 1.82) is 0 Å². The van der Waals surface area contributed by atoms with Gasteiger partial charge in [-0.25, -0.2) is 9.97 Å². The fourth-order valence-electron chi connectivity index (χ4n) is 1.82. The highest BCUT2D eigenvalue weighted by Crippen LogP contribution is 2.31. The number of carbonyl (C=O) groups excluding carboxylic acids is 1. The summed E-state index contributed by atoms with van der Waals surface area (Å²) < 4.78 is 39.3. The Labute approximate surface area is 132 Å². The van der Waals surface area contributed by atoms with Gasteiger partial charge in [0.05, 0.1) is 5.52 Å². The van der Waals surface area contributed by atoms with Crippen molar-refractivity contribution in [2.75, 3.05) is 18.4 Å². The van der Waals surface area contributed by atoms with Gasteiger partial charge in [-0.1, -0.05) is 15.9 Å². The number of rotatable bonds is 6. The Balaban J connectivity index is 2.31. The number of hydrogen-bond donors (Lipinski definition) is 2. The normalized spacial score (nSPS) is 11.5. The van der Waals surface area contributed by atoms with Gasteiger partial charge in [0.15, 0.2) is 0 Å². The third-order valence-corrected chi connectivity index (χ3v) is 3.28. The van der Waals surface area contributed by atoms with Crippen LogP contribution in [-0.4, -0.2) is 29.5 Å². The van der Waals surface area contributed by atoms with Crippen molar-refractivity contribution in [3.8, 4) is 0 Å². The van der Waals surface area contributed by atoms with Crippen molar-refractivity contribution < 1.29 is 18.0 Å². The van der Waals surface area contributed by atoms with Crippen LogP contribution < -0.4 is 10.6 Å². The van der Waals surface area contributed by atoms with E-state index in [1.54, 1.807) is 12.1 Å². The first-order valence-electron chi connectivity index (χ1n) is 6.37. The Morgan fingerprint density at radius 2 is 2.00 bits per heavy atom. The van der Waals surface area contributed by atoms with E-state index >= 15 is 0 Å². The molecule has 1 amide bonds. The highest BCUT2D eigenvalue weighted by molar-refractivity contribution is 9.10. The minimum atomic E-state index is -4.61. The second-order valence-electron chi connectivity index (χ2n) is 4.41. The molecule has 1 heterocycles. The molecule has 2 rings (SSSR count). The summed E-state index contributed by atoms with van der Waals surface area (Å²) in [6, 6.07) is 4.77. The first-order chi connectivity index (χ1) is 10.4. The maximum absolute atomic E-state index is 12.9. The zero-order valence-corrected chi connectivity index (χ0v) is 12.8. The predicted molar refractivity (Wildman–Crippen MR) is 79.4 cm³/mol. The number of halogens is 4. The van der Waals surface area contributed by atoms with Crippen LogP contribution in [0.25, 0.3) is 10.9 Å². The molecule has 1 aromatic carbocycles. The van der Waals surface area contributed by atoms with E-state index in [9.17, 15) is 18.0 Å². The summed E-state index contributed by atoms with van der Waals surface area (Å²) in [5, 5.41) is 5.83. The van der Waals surface area contributed by atoms with Crippen LogP contribution in [0.4, 0.5) is 19.0 Å². The van der Waals surface area contributed by atoms with E-state index in [4.69, 9.17) is 0 Å². The smallest absolute Gasteiger partial charge is 0.369 e. The summed E-state index contributed by atoms with van der Waals surface area (Å²) in [6.07, 6.45) is -3.49. The first kappa shape index (κ1) is 16.5. The topological polar surface area (TPSA) is 66.9 Å². The van der Waals surface area contributed by atoms with Crippen molar-refractivity contribution in [2.45, 2.75) is 12.6 Å². The maximum atomic E-state index is 12.9. The van der Waals surface area contributed by atoms with Crippen molar-refractivity contribution in [3.63, 3.8) is 0 Å². The van der Waals surface area contributed by atoms with Crippen LogP contribution >= 0.6 is 15.9 Å². The molecule has 0 bridgehead atoms. The molecule has 0 saturated heterocycles. The lowest BCUT2D eigenvalue weighted by atomic mass is 10.2. The number of aromatic nitrogens is 2. The minimum Gasteiger partial charge on any atom is -0.369 e. The largest absolute Gasteiger partial charge is 0.451 e. The van der Waals surface area contributed by atoms with Gasteiger partial charge in [-0.05, 0) is 24.6 Å². The molecule has 0 saturated carbocycles. The summed E-state index contributed by atoms with van der Waals surface area (Å²) in [7, 11) is 0. The van der Waals surface area contributed by atoms with Gasteiger partial charge in [0.2, 0.25) is 12.2 Å². The molecule has 0 aliphatic carbocycles. The molecule has 0 unspecified atom stereocenters. The average Bonchev–Trinajstić information content (AvgIpc) is 2.46. The molecule has 118 valence electrons. The van der Waals surface area contributed by atoms with E-state index in [1.807, 2.05) is 0 Å². The van der Waals surface area contributed by atoms with Crippen molar-refractivity contribution in [1.82, 2.24) is 15.3 Å². The lowest BCUT2D eigenvalue weighted by Gasteiger charge is -2.12. The fraction of sp³-hybridized carbons (Fsp3) is 0.308. The van der Waals surface area contributed by atoms with Gasteiger partial charge in [0.25, 0.3) is 0 Å². The molecule has 0 spiro atoms. The van der Waals surface area contributed by atoms with Crippen LogP contribution in [-0.2, 0) is 11.0 Å². The summed E-state index contributed by atoms with van der Waals surface area (Å²) in [4.78, 5) is 17.2. The predicted octanol–water partition coefficient (Wildman–Crippen LogP) is 2.96. The number of anilines is 1. The molecule has 2 N–H and O–H groups in total. The summed E-state index contributed by atoms with van der Waals surface area (Å²) in [5.74, 6) is -1.07. The molecule has 0 fully saturated rings. The number of alkyl halides is 3. The van der Waals surface area contributed by atoms with Crippen molar-refractivity contribution in [2.24, 2.45) is 0 Å². The van der Waals surface area contributed by atoms with Gasteiger partial charge in [0.1, 0.15) is 5.82 Å². The quantitative estimate of drug-likeness (QED) is 0.600. The van der Waals surface area contributed by atoms with Crippen LogP contribution in [0.15, 0.2) is 22.7 Å². The number of fused-ring (bicyclic) bond motifs is 1. The Hall–Kier alpha value is -1.90. The van der Waals surface area contributed by atoms with E-state index in [1.165, 1.54) is 6.07 Å². The molecule has 1 aromatic heterocycles. The lowest BCUT2D eigenvalue weighted by molar-refractivity contribution is -0.144. The molecule has 9 heteroatoms. The molecule has 5 nitrogen and oxygen atoms in total. The SMILES string of the molecule is O=CNCCCNc1nc(C(F)(F)F)nc2ccc(Br)cc12. The summed E-state index contributed by atoms with van der Waals surface area (Å²) >= 11 is 3.27. The van der Waals surface area contributed by atoms with Crippen LogP contribution in [0.1, 0.15) is 12.2 Å². The highest BCUT2D eigenvalue weighted by atomic mass is 79.9. The molecule has 0 atom stereocenters. The standard InChI is InChI=1S/C13H12BrF3N4O/c14-8-2-3-10-9(6-8)11(19-5-1-4-18-7-22)21-12(20-10)13(15,16)17/h2-3,6-7H,1,4-5H2,(H,18,22)(H,19,20,21). The van der Waals surface area contributed by atoms with E-state index in [0.29, 0.717) is 35.8 Å².